The van der Waals surface area contributed by atoms with Gasteiger partial charge in [0.15, 0.2) is 5.82 Å². The first-order valence-corrected chi connectivity index (χ1v) is 13.7. The highest BCUT2D eigenvalue weighted by molar-refractivity contribution is 5.83. The largest absolute Gasteiger partial charge is 0.466 e. The van der Waals surface area contributed by atoms with Crippen LogP contribution < -0.4 is 4.74 Å². The number of imidazole rings is 1. The number of ether oxygens (including phenoxy) is 2. The van der Waals surface area contributed by atoms with E-state index in [0.29, 0.717) is 35.8 Å². The number of nitrogens with zero attached hydrogens (tertiary/aromatic N) is 4. The standard InChI is InChI=1S/C31H28F2N4O4/c1-3-40-29(39)25-21-10-17(12-31(21,25)2)28-34-13-18(14-35-28)16-8-9-24-36-26-22(38)11-20(27(26)37(24)15-16)19-6-4-5-7-23(19)41-30(32)33/h4-9,12-15,20-22,25,30,38H,3,10-11H2,1-2H3/t20-,21-,22-,25+,31-/m1/s1. The molecule has 1 fully saturated rings. The van der Waals surface area contributed by atoms with Crippen molar-refractivity contribution in [2.75, 3.05) is 6.61 Å². The van der Waals surface area contributed by atoms with E-state index in [-0.39, 0.29) is 34.9 Å². The Kier molecular flexibility index (Phi) is 5.93. The van der Waals surface area contributed by atoms with Gasteiger partial charge in [0.1, 0.15) is 11.4 Å². The molecule has 0 saturated heterocycles. The molecule has 0 aliphatic heterocycles. The molecule has 3 aliphatic rings. The van der Waals surface area contributed by atoms with Crippen LogP contribution in [0.3, 0.4) is 0 Å². The lowest BCUT2D eigenvalue weighted by Crippen LogP contribution is -2.12. The predicted molar refractivity (Wildman–Crippen MR) is 145 cm³/mol. The van der Waals surface area contributed by atoms with Gasteiger partial charge in [-0.2, -0.15) is 8.78 Å². The lowest BCUT2D eigenvalue weighted by molar-refractivity contribution is -0.145. The molecule has 3 aliphatic carbocycles. The smallest absolute Gasteiger partial charge is 0.387 e. The lowest BCUT2D eigenvalue weighted by Gasteiger charge is -2.17. The number of allylic oxidation sites excluding steroid dienone is 2. The van der Waals surface area contributed by atoms with E-state index in [0.717, 1.165) is 28.8 Å². The van der Waals surface area contributed by atoms with E-state index in [9.17, 15) is 18.7 Å². The van der Waals surface area contributed by atoms with Crippen LogP contribution in [0.25, 0.3) is 22.3 Å². The van der Waals surface area contributed by atoms with Gasteiger partial charge in [-0.1, -0.05) is 31.2 Å². The first kappa shape index (κ1) is 25.8. The molecule has 0 unspecified atom stereocenters. The number of para-hydroxylation sites is 1. The molecule has 10 heteroatoms. The second-order valence-corrected chi connectivity index (χ2v) is 11.1. The fourth-order valence-electron chi connectivity index (χ4n) is 6.81. The van der Waals surface area contributed by atoms with E-state index < -0.39 is 12.7 Å². The third-order valence-corrected chi connectivity index (χ3v) is 8.80. The van der Waals surface area contributed by atoms with E-state index in [1.807, 2.05) is 29.7 Å². The van der Waals surface area contributed by atoms with Crippen molar-refractivity contribution in [2.45, 2.75) is 45.3 Å². The Balaban J connectivity index is 1.19. The summed E-state index contributed by atoms with van der Waals surface area (Å²) in [4.78, 5) is 26.2. The Labute approximate surface area is 234 Å². The van der Waals surface area contributed by atoms with Crippen molar-refractivity contribution in [3.05, 3.63) is 83.8 Å². The van der Waals surface area contributed by atoms with Gasteiger partial charge in [-0.05, 0) is 49.5 Å². The maximum absolute atomic E-state index is 13.1. The summed E-state index contributed by atoms with van der Waals surface area (Å²) in [6, 6.07) is 10.5. The zero-order valence-corrected chi connectivity index (χ0v) is 22.5. The third-order valence-electron chi connectivity index (χ3n) is 8.80. The molecule has 8 nitrogen and oxygen atoms in total. The molecule has 4 aromatic rings. The monoisotopic (exact) mass is 558 g/mol. The minimum atomic E-state index is -2.95. The lowest BCUT2D eigenvalue weighted by atomic mass is 9.95. The fourth-order valence-corrected chi connectivity index (χ4v) is 6.81. The van der Waals surface area contributed by atoms with Crippen molar-refractivity contribution in [1.82, 2.24) is 19.4 Å². The predicted octanol–water partition coefficient (Wildman–Crippen LogP) is 5.56. The minimum absolute atomic E-state index is 0.0870. The van der Waals surface area contributed by atoms with Crippen LogP contribution in [-0.4, -0.2) is 43.6 Å². The van der Waals surface area contributed by atoms with E-state index in [2.05, 4.69) is 28.0 Å². The molecule has 0 spiro atoms. The van der Waals surface area contributed by atoms with Crippen molar-refractivity contribution < 1.29 is 28.2 Å². The summed E-state index contributed by atoms with van der Waals surface area (Å²) in [7, 11) is 0. The fraction of sp³-hybridized carbons (Fsp3) is 0.355. The molecule has 0 radical (unpaired) electrons. The van der Waals surface area contributed by atoms with Crippen LogP contribution in [0.15, 0.2) is 61.1 Å². The van der Waals surface area contributed by atoms with E-state index >= 15 is 0 Å². The SMILES string of the molecule is CCOC(=O)[C@@H]1[C@H]2CC(c3ncc(-c4ccc5nc6c(n5c4)[C@@H](c4ccccc4OC(F)F)C[C@H]6O)cn3)=C[C@]21C. The van der Waals surface area contributed by atoms with Crippen molar-refractivity contribution in [3.63, 3.8) is 0 Å². The third kappa shape index (κ3) is 4.11. The topological polar surface area (TPSA) is 98.8 Å². The molecule has 5 atom stereocenters. The van der Waals surface area contributed by atoms with Gasteiger partial charge in [0.2, 0.25) is 0 Å². The first-order chi connectivity index (χ1) is 19.8. The Bertz CT molecular complexity index is 1700. The average molecular weight is 559 g/mol. The number of hydrogen-bond acceptors (Lipinski definition) is 7. The van der Waals surface area contributed by atoms with Crippen molar-refractivity contribution in [2.24, 2.45) is 17.3 Å². The summed E-state index contributed by atoms with van der Waals surface area (Å²) in [6.45, 7) is 1.34. The second-order valence-electron chi connectivity index (χ2n) is 11.1. The van der Waals surface area contributed by atoms with Crippen LogP contribution in [0.2, 0.25) is 0 Å². The van der Waals surface area contributed by atoms with Gasteiger partial charge in [-0.25, -0.2) is 15.0 Å². The molecule has 1 N–H and O–H groups in total. The molecular weight excluding hydrogens is 530 g/mol. The van der Waals surface area contributed by atoms with Crippen molar-refractivity contribution in [1.29, 1.82) is 0 Å². The number of aromatic nitrogens is 4. The Morgan fingerprint density at radius 2 is 1.95 bits per heavy atom. The van der Waals surface area contributed by atoms with Crippen LogP contribution in [0.5, 0.6) is 5.75 Å². The Hall–Kier alpha value is -4.18. The van der Waals surface area contributed by atoms with Crippen LogP contribution in [0.1, 0.15) is 61.5 Å². The minimum Gasteiger partial charge on any atom is -0.466 e. The molecule has 210 valence electrons. The highest BCUT2D eigenvalue weighted by atomic mass is 19.3. The van der Waals surface area contributed by atoms with Crippen molar-refractivity contribution in [3.8, 4) is 16.9 Å². The number of aliphatic hydroxyl groups excluding tert-OH is 1. The average Bonchev–Trinajstić information content (AvgIpc) is 3.27. The first-order valence-electron chi connectivity index (χ1n) is 13.7. The number of aliphatic hydroxyl groups is 1. The summed E-state index contributed by atoms with van der Waals surface area (Å²) in [5.74, 6) is 0.361. The van der Waals surface area contributed by atoms with Gasteiger partial charge in [0.25, 0.3) is 0 Å². The quantitative estimate of drug-likeness (QED) is 0.296. The molecular formula is C31H28F2N4O4. The maximum Gasteiger partial charge on any atom is 0.387 e. The molecule has 0 bridgehead atoms. The number of rotatable bonds is 7. The summed E-state index contributed by atoms with van der Waals surface area (Å²) in [6.07, 6.45) is 7.82. The van der Waals surface area contributed by atoms with Crippen LogP contribution in [0, 0.1) is 17.3 Å². The van der Waals surface area contributed by atoms with E-state index in [4.69, 9.17) is 9.47 Å². The van der Waals surface area contributed by atoms with Crippen LogP contribution >= 0.6 is 0 Å². The van der Waals surface area contributed by atoms with Gasteiger partial charge in [0.05, 0.1) is 30.0 Å². The van der Waals surface area contributed by atoms with Crippen molar-refractivity contribution >= 4 is 17.2 Å². The molecule has 1 saturated carbocycles. The normalized spacial score (nSPS) is 26.1. The Morgan fingerprint density at radius 1 is 1.17 bits per heavy atom. The number of esters is 1. The number of fused-ring (bicyclic) bond motifs is 4. The maximum atomic E-state index is 13.1. The Morgan fingerprint density at radius 3 is 2.66 bits per heavy atom. The second kappa shape index (κ2) is 9.44. The van der Waals surface area contributed by atoms with Gasteiger partial charge >= 0.3 is 12.6 Å². The van der Waals surface area contributed by atoms with Crippen LogP contribution in [-0.2, 0) is 9.53 Å². The zero-order valence-electron chi connectivity index (χ0n) is 22.5. The van der Waals surface area contributed by atoms with Gasteiger partial charge in [-0.15, -0.1) is 0 Å². The summed E-state index contributed by atoms with van der Waals surface area (Å²) in [5.41, 5.74) is 4.99. The highest BCUT2D eigenvalue weighted by Crippen LogP contribution is 2.68. The zero-order chi connectivity index (χ0) is 28.5. The molecule has 3 aromatic heterocycles. The number of carbonyl (C=O) groups is 1. The molecule has 41 heavy (non-hydrogen) atoms. The molecule has 0 amide bonds. The number of halogens is 2. The number of alkyl halides is 2. The van der Waals surface area contributed by atoms with Gasteiger partial charge in [0, 0.05) is 46.6 Å². The van der Waals surface area contributed by atoms with E-state index in [1.165, 1.54) is 6.07 Å². The number of benzene rings is 1. The van der Waals surface area contributed by atoms with Gasteiger partial charge in [-0.3, -0.25) is 4.79 Å². The van der Waals surface area contributed by atoms with Gasteiger partial charge < -0.3 is 19.0 Å². The molecule has 3 heterocycles. The highest BCUT2D eigenvalue weighted by Gasteiger charge is 2.67. The molecule has 7 rings (SSSR count). The number of carbonyl (C=O) groups excluding carboxylic acids is 1. The summed E-state index contributed by atoms with van der Waals surface area (Å²) >= 11 is 0. The van der Waals surface area contributed by atoms with E-state index in [1.54, 1.807) is 30.6 Å². The number of hydrogen-bond donors (Lipinski definition) is 1. The summed E-state index contributed by atoms with van der Waals surface area (Å²) in [5, 5.41) is 10.8. The number of pyridine rings is 1. The summed E-state index contributed by atoms with van der Waals surface area (Å²) < 4.78 is 38.2. The van der Waals surface area contributed by atoms with Crippen LogP contribution in [0.4, 0.5) is 8.78 Å². The molecule has 1 aromatic carbocycles.